The predicted molar refractivity (Wildman–Crippen MR) is 112 cm³/mol. The van der Waals surface area contributed by atoms with Gasteiger partial charge < -0.3 is 14.8 Å². The zero-order valence-electron chi connectivity index (χ0n) is 17.6. The quantitative estimate of drug-likeness (QED) is 0.561. The van der Waals surface area contributed by atoms with Gasteiger partial charge in [0, 0.05) is 25.2 Å². The highest BCUT2D eigenvalue weighted by Gasteiger charge is 2.26. The normalized spacial score (nSPS) is 11.6. The highest BCUT2D eigenvalue weighted by Crippen LogP contribution is 2.28. The molecule has 0 aliphatic carbocycles. The van der Waals surface area contributed by atoms with Crippen LogP contribution in [0.25, 0.3) is 0 Å². The van der Waals surface area contributed by atoms with Gasteiger partial charge in [0.2, 0.25) is 10.0 Å². The molecular weight excluding hydrogens is 430 g/mol. The highest BCUT2D eigenvalue weighted by molar-refractivity contribution is 7.89. The lowest BCUT2D eigenvalue weighted by Crippen LogP contribution is -2.31. The van der Waals surface area contributed by atoms with Crippen LogP contribution in [0, 0.1) is 0 Å². The van der Waals surface area contributed by atoms with E-state index in [9.17, 15) is 22.0 Å². The van der Waals surface area contributed by atoms with E-state index in [0.717, 1.165) is 5.56 Å². The Morgan fingerprint density at radius 2 is 1.74 bits per heavy atom. The van der Waals surface area contributed by atoms with Crippen LogP contribution in [-0.2, 0) is 16.4 Å². The Morgan fingerprint density at radius 1 is 1.10 bits per heavy atom. The lowest BCUT2D eigenvalue weighted by Gasteiger charge is -2.20. The van der Waals surface area contributed by atoms with Gasteiger partial charge in [0.05, 0.1) is 7.11 Å². The smallest absolute Gasteiger partial charge is 0.387 e. The van der Waals surface area contributed by atoms with Gasteiger partial charge in [-0.25, -0.2) is 8.42 Å². The van der Waals surface area contributed by atoms with E-state index in [1.54, 1.807) is 26.0 Å². The van der Waals surface area contributed by atoms with E-state index in [4.69, 9.17) is 4.74 Å². The number of ether oxygens (including phenoxy) is 2. The number of methoxy groups -OCH3 is 1. The molecule has 0 aliphatic rings. The minimum absolute atomic E-state index is 0.0583. The van der Waals surface area contributed by atoms with Gasteiger partial charge >= 0.3 is 6.61 Å². The first-order chi connectivity index (χ1) is 14.7. The topological polar surface area (TPSA) is 84.9 Å². The minimum Gasteiger partial charge on any atom is -0.495 e. The Labute approximate surface area is 181 Å². The van der Waals surface area contributed by atoms with E-state index in [0.29, 0.717) is 19.5 Å². The van der Waals surface area contributed by atoms with Crippen molar-refractivity contribution in [2.45, 2.75) is 31.8 Å². The van der Waals surface area contributed by atoms with Crippen molar-refractivity contribution < 1.29 is 31.5 Å². The second-order valence-electron chi connectivity index (χ2n) is 6.48. The van der Waals surface area contributed by atoms with Crippen LogP contribution >= 0.6 is 0 Å². The first kappa shape index (κ1) is 24.5. The molecule has 1 N–H and O–H groups in total. The molecule has 10 heteroatoms. The molecule has 7 nitrogen and oxygen atoms in total. The minimum atomic E-state index is -3.81. The summed E-state index contributed by atoms with van der Waals surface area (Å²) in [6, 6.07) is 10.4. The predicted octanol–water partition coefficient (Wildman–Crippen LogP) is 3.30. The van der Waals surface area contributed by atoms with E-state index >= 15 is 0 Å². The van der Waals surface area contributed by atoms with E-state index in [2.05, 4.69) is 10.1 Å². The Hall–Kier alpha value is -2.72. The number of nitrogens with one attached hydrogen (secondary N) is 1. The molecule has 0 saturated carbocycles. The van der Waals surface area contributed by atoms with Gasteiger partial charge in [-0.2, -0.15) is 13.1 Å². The molecule has 0 saturated heterocycles. The number of carbonyl (C=O) groups excluding carboxylic acids is 1. The van der Waals surface area contributed by atoms with Crippen LogP contribution in [0.3, 0.4) is 0 Å². The standard InChI is InChI=1S/C21H26F2N2O5S/c1-4-25(5-2)31(27,28)19-14-16(8-11-18(19)29-3)20(26)24-13-12-15-6-9-17(10-7-15)30-21(22)23/h6-11,14,21H,4-5,12-13H2,1-3H3,(H,24,26). The van der Waals surface area contributed by atoms with Gasteiger partial charge in [0.1, 0.15) is 16.4 Å². The average molecular weight is 457 g/mol. The van der Waals surface area contributed by atoms with Crippen LogP contribution in [0.5, 0.6) is 11.5 Å². The Morgan fingerprint density at radius 3 is 2.29 bits per heavy atom. The maximum Gasteiger partial charge on any atom is 0.387 e. The monoisotopic (exact) mass is 456 g/mol. The van der Waals surface area contributed by atoms with Gasteiger partial charge in [-0.05, 0) is 42.3 Å². The van der Waals surface area contributed by atoms with E-state index in [-0.39, 0.29) is 28.5 Å². The fourth-order valence-corrected chi connectivity index (χ4v) is 4.62. The Kier molecular flexibility index (Phi) is 8.76. The largest absolute Gasteiger partial charge is 0.495 e. The fourth-order valence-electron chi connectivity index (χ4n) is 2.98. The number of nitrogens with zero attached hydrogens (tertiary/aromatic N) is 1. The number of rotatable bonds is 11. The summed E-state index contributed by atoms with van der Waals surface area (Å²) in [4.78, 5) is 12.5. The molecule has 0 spiro atoms. The summed E-state index contributed by atoms with van der Waals surface area (Å²) in [5, 5.41) is 2.73. The van der Waals surface area contributed by atoms with E-state index < -0.39 is 22.5 Å². The number of amides is 1. The third-order valence-electron chi connectivity index (χ3n) is 4.60. The molecule has 0 unspecified atom stereocenters. The van der Waals surface area contributed by atoms with Crippen LogP contribution in [0.4, 0.5) is 8.78 Å². The molecular formula is C21H26F2N2O5S. The second kappa shape index (κ2) is 11.1. The van der Waals surface area contributed by atoms with Crippen LogP contribution in [0.15, 0.2) is 47.4 Å². The van der Waals surface area contributed by atoms with E-state index in [1.807, 2.05) is 0 Å². The van der Waals surface area contributed by atoms with Crippen LogP contribution in [-0.4, -0.2) is 52.0 Å². The van der Waals surface area contributed by atoms with Crippen molar-refractivity contribution in [3.8, 4) is 11.5 Å². The van der Waals surface area contributed by atoms with Gasteiger partial charge in [-0.15, -0.1) is 0 Å². The maximum absolute atomic E-state index is 12.9. The van der Waals surface area contributed by atoms with Crippen molar-refractivity contribution in [1.29, 1.82) is 0 Å². The summed E-state index contributed by atoms with van der Waals surface area (Å²) >= 11 is 0. The SMILES string of the molecule is CCN(CC)S(=O)(=O)c1cc(C(=O)NCCc2ccc(OC(F)F)cc2)ccc1OC. The molecule has 1 amide bonds. The summed E-state index contributed by atoms with van der Waals surface area (Å²) in [6.45, 7) is 1.44. The molecule has 2 aromatic carbocycles. The third-order valence-corrected chi connectivity index (χ3v) is 6.67. The van der Waals surface area contributed by atoms with Crippen LogP contribution < -0.4 is 14.8 Å². The van der Waals surface area contributed by atoms with Crippen molar-refractivity contribution >= 4 is 15.9 Å². The summed E-state index contributed by atoms with van der Waals surface area (Å²) in [7, 11) is -2.44. The molecule has 2 rings (SSSR count). The number of sulfonamides is 1. The van der Waals surface area contributed by atoms with Crippen molar-refractivity contribution in [3.05, 3.63) is 53.6 Å². The van der Waals surface area contributed by atoms with Gasteiger partial charge in [-0.1, -0.05) is 26.0 Å². The molecule has 0 atom stereocenters. The summed E-state index contributed by atoms with van der Waals surface area (Å²) in [5.41, 5.74) is 1.01. The molecule has 0 radical (unpaired) electrons. The lowest BCUT2D eigenvalue weighted by molar-refractivity contribution is -0.0498. The molecule has 0 aliphatic heterocycles. The Bertz CT molecular complexity index is 978. The molecule has 0 bridgehead atoms. The molecule has 0 heterocycles. The first-order valence-electron chi connectivity index (χ1n) is 9.73. The lowest BCUT2D eigenvalue weighted by atomic mass is 10.1. The van der Waals surface area contributed by atoms with Crippen molar-refractivity contribution in [3.63, 3.8) is 0 Å². The van der Waals surface area contributed by atoms with Crippen LogP contribution in [0.2, 0.25) is 0 Å². The summed E-state index contributed by atoms with van der Waals surface area (Å²) < 4.78 is 60.9. The Balaban J connectivity index is 2.08. The number of halogens is 2. The molecule has 2 aromatic rings. The average Bonchev–Trinajstić information content (AvgIpc) is 2.74. The van der Waals surface area contributed by atoms with Crippen molar-refractivity contribution in [2.75, 3.05) is 26.7 Å². The number of benzene rings is 2. The number of carbonyl (C=O) groups is 1. The molecule has 170 valence electrons. The highest BCUT2D eigenvalue weighted by atomic mass is 32.2. The summed E-state index contributed by atoms with van der Waals surface area (Å²) in [6.07, 6.45) is 0.460. The third kappa shape index (κ3) is 6.38. The fraction of sp³-hybridized carbons (Fsp3) is 0.381. The maximum atomic E-state index is 12.9. The summed E-state index contributed by atoms with van der Waals surface area (Å²) in [5.74, 6) is -0.214. The second-order valence-corrected chi connectivity index (χ2v) is 8.39. The van der Waals surface area contributed by atoms with Gasteiger partial charge in [0.25, 0.3) is 5.91 Å². The zero-order chi connectivity index (χ0) is 23.0. The van der Waals surface area contributed by atoms with Crippen molar-refractivity contribution in [1.82, 2.24) is 9.62 Å². The van der Waals surface area contributed by atoms with Gasteiger partial charge in [0.15, 0.2) is 0 Å². The number of alkyl halides is 2. The molecule has 31 heavy (non-hydrogen) atoms. The molecule has 0 fully saturated rings. The molecule has 0 aromatic heterocycles. The van der Waals surface area contributed by atoms with E-state index in [1.165, 1.54) is 41.7 Å². The van der Waals surface area contributed by atoms with Crippen LogP contribution in [0.1, 0.15) is 29.8 Å². The zero-order valence-corrected chi connectivity index (χ0v) is 18.4. The number of hydrogen-bond donors (Lipinski definition) is 1. The first-order valence-corrected chi connectivity index (χ1v) is 11.2. The number of hydrogen-bond acceptors (Lipinski definition) is 5. The van der Waals surface area contributed by atoms with Gasteiger partial charge in [-0.3, -0.25) is 4.79 Å². The van der Waals surface area contributed by atoms with Crippen molar-refractivity contribution in [2.24, 2.45) is 0 Å².